The fourth-order valence-corrected chi connectivity index (χ4v) is 2.90. The number of nitrogens with one attached hydrogen (secondary N) is 1. The van der Waals surface area contributed by atoms with Crippen molar-refractivity contribution in [3.05, 3.63) is 28.7 Å². The highest BCUT2D eigenvalue weighted by molar-refractivity contribution is 9.10. The summed E-state index contributed by atoms with van der Waals surface area (Å²) < 4.78 is 26.5. The summed E-state index contributed by atoms with van der Waals surface area (Å²) in [6.07, 6.45) is 1.55. The van der Waals surface area contributed by atoms with Gasteiger partial charge in [0.1, 0.15) is 0 Å². The lowest BCUT2D eigenvalue weighted by Crippen LogP contribution is -2.16. The zero-order chi connectivity index (χ0) is 13.3. The molecule has 0 saturated heterocycles. The highest BCUT2D eigenvalue weighted by atomic mass is 79.9. The van der Waals surface area contributed by atoms with Crippen molar-refractivity contribution in [2.75, 3.05) is 10.5 Å². The smallest absolute Gasteiger partial charge is 0.232 e. The zero-order valence-corrected chi connectivity index (χ0v) is 12.9. The number of para-hydroxylation sites is 1. The first-order valence-corrected chi connectivity index (χ1v) is 8.24. The van der Waals surface area contributed by atoms with Crippen molar-refractivity contribution in [1.29, 1.82) is 0 Å². The summed E-state index contributed by atoms with van der Waals surface area (Å²) in [7, 11) is -3.20. The van der Waals surface area contributed by atoms with E-state index >= 15 is 0 Å². The molecule has 1 rings (SSSR count). The van der Waals surface area contributed by atoms with Crippen LogP contribution in [-0.2, 0) is 10.0 Å². The molecule has 0 atom stereocenters. The van der Waals surface area contributed by atoms with Gasteiger partial charge in [0.15, 0.2) is 0 Å². The number of sulfonamides is 1. The predicted molar refractivity (Wildman–Crippen MR) is 77.8 cm³/mol. The third kappa shape index (κ3) is 6.68. The van der Waals surface area contributed by atoms with Gasteiger partial charge >= 0.3 is 0 Å². The molecular weight excluding hydrogens is 302 g/mol. The normalized spacial score (nSPS) is 10.4. The Labute approximate surface area is 113 Å². The molecule has 0 spiro atoms. The fourth-order valence-electron chi connectivity index (χ4n) is 1.10. The van der Waals surface area contributed by atoms with Crippen LogP contribution in [0.4, 0.5) is 5.69 Å². The Hall–Kier alpha value is -0.550. The lowest BCUT2D eigenvalue weighted by atomic mass is 10.3. The van der Waals surface area contributed by atoms with Crippen molar-refractivity contribution in [3.63, 3.8) is 0 Å². The average molecular weight is 322 g/mol. The summed E-state index contributed by atoms with van der Waals surface area (Å²) in [5.74, 6) is 0.171. The van der Waals surface area contributed by atoms with Gasteiger partial charge in [0, 0.05) is 4.47 Å². The summed E-state index contributed by atoms with van der Waals surface area (Å²) in [6, 6.07) is 7.17. The maximum Gasteiger partial charge on any atom is 0.232 e. The highest BCUT2D eigenvalue weighted by Crippen LogP contribution is 2.22. The van der Waals surface area contributed by atoms with E-state index in [0.29, 0.717) is 12.1 Å². The first-order valence-electron chi connectivity index (χ1n) is 5.80. The van der Waals surface area contributed by atoms with Gasteiger partial charge in [-0.1, -0.05) is 39.3 Å². The van der Waals surface area contributed by atoms with Crippen LogP contribution in [0.5, 0.6) is 0 Å². The van der Waals surface area contributed by atoms with E-state index in [9.17, 15) is 8.42 Å². The van der Waals surface area contributed by atoms with Crippen LogP contribution in [0.1, 0.15) is 33.6 Å². The molecule has 0 heterocycles. The molecule has 1 aromatic carbocycles. The molecule has 0 radical (unpaired) electrons. The predicted octanol–water partition coefficient (Wildman–Crippen LogP) is 4.02. The van der Waals surface area contributed by atoms with Gasteiger partial charge in [0.2, 0.25) is 10.0 Å². The molecule has 17 heavy (non-hydrogen) atoms. The van der Waals surface area contributed by atoms with Crippen LogP contribution in [0.2, 0.25) is 0 Å². The Bertz CT molecular complexity index is 418. The molecule has 0 aromatic heterocycles. The number of anilines is 1. The lowest BCUT2D eigenvalue weighted by molar-refractivity contribution is 0.598. The Morgan fingerprint density at radius 3 is 2.35 bits per heavy atom. The topological polar surface area (TPSA) is 46.2 Å². The van der Waals surface area contributed by atoms with Crippen LogP contribution < -0.4 is 4.72 Å². The standard InChI is InChI=1S/C10H14BrNO2S.C2H6/c1-2-3-8-15(13,14)12-10-7-5-4-6-9(10)11;1-2/h4-7,12H,2-3,8H2,1H3;1-2H3. The second kappa shape index (κ2) is 8.53. The van der Waals surface area contributed by atoms with Crippen LogP contribution in [0.15, 0.2) is 28.7 Å². The fraction of sp³-hybridized carbons (Fsp3) is 0.500. The number of benzene rings is 1. The molecule has 0 aliphatic carbocycles. The minimum Gasteiger partial charge on any atom is -0.282 e. The Morgan fingerprint density at radius 2 is 1.82 bits per heavy atom. The largest absolute Gasteiger partial charge is 0.282 e. The van der Waals surface area contributed by atoms with Crippen molar-refractivity contribution in [2.24, 2.45) is 0 Å². The Balaban J connectivity index is 0.00000121. The van der Waals surface area contributed by atoms with E-state index in [0.717, 1.165) is 10.9 Å². The third-order valence-corrected chi connectivity index (χ3v) is 3.95. The molecule has 0 bridgehead atoms. The lowest BCUT2D eigenvalue weighted by Gasteiger charge is -2.08. The maximum atomic E-state index is 11.6. The van der Waals surface area contributed by atoms with E-state index in [-0.39, 0.29) is 5.75 Å². The van der Waals surface area contributed by atoms with Gasteiger partial charge in [0.25, 0.3) is 0 Å². The molecule has 5 heteroatoms. The minimum absolute atomic E-state index is 0.171. The molecule has 0 unspecified atom stereocenters. The van der Waals surface area contributed by atoms with Crippen molar-refractivity contribution in [3.8, 4) is 0 Å². The van der Waals surface area contributed by atoms with E-state index in [1.54, 1.807) is 18.2 Å². The molecule has 0 aliphatic rings. The quantitative estimate of drug-likeness (QED) is 0.890. The molecule has 3 nitrogen and oxygen atoms in total. The molecular formula is C12H20BrNO2S. The van der Waals surface area contributed by atoms with Gasteiger partial charge in [-0.25, -0.2) is 8.42 Å². The van der Waals surface area contributed by atoms with Crippen molar-refractivity contribution in [1.82, 2.24) is 0 Å². The van der Waals surface area contributed by atoms with Gasteiger partial charge in [-0.2, -0.15) is 0 Å². The van der Waals surface area contributed by atoms with E-state index < -0.39 is 10.0 Å². The molecule has 98 valence electrons. The summed E-state index contributed by atoms with van der Waals surface area (Å²) in [5.41, 5.74) is 0.591. The van der Waals surface area contributed by atoms with Crippen LogP contribution in [0, 0.1) is 0 Å². The minimum atomic E-state index is -3.20. The van der Waals surface area contributed by atoms with Crippen molar-refractivity contribution >= 4 is 31.6 Å². The maximum absolute atomic E-state index is 11.6. The van der Waals surface area contributed by atoms with Gasteiger partial charge in [-0.15, -0.1) is 0 Å². The van der Waals surface area contributed by atoms with Crippen LogP contribution in [-0.4, -0.2) is 14.2 Å². The Morgan fingerprint density at radius 1 is 1.24 bits per heavy atom. The van der Waals surface area contributed by atoms with E-state index in [1.807, 2.05) is 26.8 Å². The first-order chi connectivity index (χ1) is 8.05. The molecule has 1 N–H and O–H groups in total. The highest BCUT2D eigenvalue weighted by Gasteiger charge is 2.10. The Kier molecular flexibility index (Phi) is 8.25. The van der Waals surface area contributed by atoms with Crippen LogP contribution >= 0.6 is 15.9 Å². The van der Waals surface area contributed by atoms with Crippen LogP contribution in [0.3, 0.4) is 0 Å². The first kappa shape index (κ1) is 16.4. The number of rotatable bonds is 5. The van der Waals surface area contributed by atoms with Crippen molar-refractivity contribution in [2.45, 2.75) is 33.6 Å². The molecule has 0 fully saturated rings. The van der Waals surface area contributed by atoms with Gasteiger partial charge in [0.05, 0.1) is 11.4 Å². The zero-order valence-electron chi connectivity index (χ0n) is 10.5. The SMILES string of the molecule is CC.CCCCS(=O)(=O)Nc1ccccc1Br. The number of hydrogen-bond acceptors (Lipinski definition) is 2. The monoisotopic (exact) mass is 321 g/mol. The van der Waals surface area contributed by atoms with Gasteiger partial charge in [-0.05, 0) is 34.5 Å². The second-order valence-corrected chi connectivity index (χ2v) is 5.95. The molecule has 1 aromatic rings. The summed E-state index contributed by atoms with van der Waals surface area (Å²) in [6.45, 7) is 5.97. The second-order valence-electron chi connectivity index (χ2n) is 3.25. The third-order valence-electron chi connectivity index (χ3n) is 1.91. The van der Waals surface area contributed by atoms with E-state index in [4.69, 9.17) is 0 Å². The summed E-state index contributed by atoms with van der Waals surface area (Å²) in [4.78, 5) is 0. The summed E-state index contributed by atoms with van der Waals surface area (Å²) in [5, 5.41) is 0. The molecule has 0 amide bonds. The van der Waals surface area contributed by atoms with Gasteiger partial charge in [-0.3, -0.25) is 4.72 Å². The van der Waals surface area contributed by atoms with Crippen LogP contribution in [0.25, 0.3) is 0 Å². The summed E-state index contributed by atoms with van der Waals surface area (Å²) >= 11 is 3.29. The number of halogens is 1. The van der Waals surface area contributed by atoms with E-state index in [2.05, 4.69) is 20.7 Å². The average Bonchev–Trinajstić information content (AvgIpc) is 2.32. The van der Waals surface area contributed by atoms with E-state index in [1.165, 1.54) is 0 Å². The van der Waals surface area contributed by atoms with Crippen molar-refractivity contribution < 1.29 is 8.42 Å². The molecule has 0 aliphatic heterocycles. The number of unbranched alkanes of at least 4 members (excludes halogenated alkanes) is 1. The molecule has 0 saturated carbocycles. The van der Waals surface area contributed by atoms with Gasteiger partial charge < -0.3 is 0 Å². The number of hydrogen-bond donors (Lipinski definition) is 1.